The molecule has 0 saturated carbocycles. The Bertz CT molecular complexity index is 558. The third kappa shape index (κ3) is 4.57. The van der Waals surface area contributed by atoms with Crippen molar-refractivity contribution >= 4 is 31.9 Å². The molecule has 0 aliphatic carbocycles. The van der Waals surface area contributed by atoms with E-state index >= 15 is 0 Å². The van der Waals surface area contributed by atoms with Crippen LogP contribution in [0.4, 0.5) is 0 Å². The molecule has 0 amide bonds. The Balaban J connectivity index is 2.94. The Labute approximate surface area is 120 Å². The van der Waals surface area contributed by atoms with Gasteiger partial charge in [0.25, 0.3) is 0 Å². The minimum absolute atomic E-state index is 0.0829. The molecule has 106 valence electrons. The average molecular weight is 352 g/mol. The lowest BCUT2D eigenvalue weighted by Gasteiger charge is -2.09. The summed E-state index contributed by atoms with van der Waals surface area (Å²) >= 11 is 3.10. The van der Waals surface area contributed by atoms with Crippen molar-refractivity contribution in [3.05, 3.63) is 28.2 Å². The molecule has 8 heteroatoms. The zero-order chi connectivity index (χ0) is 14.5. The van der Waals surface area contributed by atoms with Crippen molar-refractivity contribution in [2.75, 3.05) is 20.3 Å². The molecule has 2 N–H and O–H groups in total. The standard InChI is InChI=1S/C11H14BrNO5S/c1-18-6-2-5-13-19(16,17)10-7-8(11(14)15)3-4-9(10)12/h3-4,7,13H,2,5-6H2,1H3,(H,14,15). The number of hydrogen-bond acceptors (Lipinski definition) is 4. The van der Waals surface area contributed by atoms with Gasteiger partial charge in [-0.2, -0.15) is 0 Å². The summed E-state index contributed by atoms with van der Waals surface area (Å²) in [5.41, 5.74) is -0.0829. The lowest BCUT2D eigenvalue weighted by Crippen LogP contribution is -2.26. The van der Waals surface area contributed by atoms with Gasteiger partial charge in [0, 0.05) is 24.7 Å². The van der Waals surface area contributed by atoms with Crippen LogP contribution in [0.3, 0.4) is 0 Å². The van der Waals surface area contributed by atoms with Gasteiger partial charge in [0.1, 0.15) is 0 Å². The number of halogens is 1. The van der Waals surface area contributed by atoms with E-state index in [2.05, 4.69) is 20.7 Å². The van der Waals surface area contributed by atoms with Crippen molar-refractivity contribution < 1.29 is 23.1 Å². The zero-order valence-corrected chi connectivity index (χ0v) is 12.6. The Hall–Kier alpha value is -0.960. The van der Waals surface area contributed by atoms with Crippen LogP contribution in [-0.4, -0.2) is 39.8 Å². The Kier molecular flexibility index (Phi) is 5.92. The first-order valence-corrected chi connectivity index (χ1v) is 7.67. The molecule has 0 fully saturated rings. The summed E-state index contributed by atoms with van der Waals surface area (Å²) in [4.78, 5) is 10.8. The Morgan fingerprint density at radius 2 is 2.16 bits per heavy atom. The number of carboxylic acids is 1. The number of rotatable bonds is 7. The van der Waals surface area contributed by atoms with Crippen molar-refractivity contribution in [2.45, 2.75) is 11.3 Å². The Morgan fingerprint density at radius 3 is 2.74 bits per heavy atom. The van der Waals surface area contributed by atoms with E-state index in [-0.39, 0.29) is 17.0 Å². The number of methoxy groups -OCH3 is 1. The van der Waals surface area contributed by atoms with E-state index in [0.29, 0.717) is 17.5 Å². The van der Waals surface area contributed by atoms with Gasteiger partial charge in [-0.3, -0.25) is 0 Å². The maximum atomic E-state index is 12.0. The Morgan fingerprint density at radius 1 is 1.47 bits per heavy atom. The van der Waals surface area contributed by atoms with Crippen LogP contribution in [0.15, 0.2) is 27.6 Å². The normalized spacial score (nSPS) is 11.5. The van der Waals surface area contributed by atoms with Gasteiger partial charge in [0.05, 0.1) is 10.5 Å². The highest BCUT2D eigenvalue weighted by Gasteiger charge is 2.19. The summed E-state index contributed by atoms with van der Waals surface area (Å²) in [6.45, 7) is 0.665. The van der Waals surface area contributed by atoms with E-state index in [1.54, 1.807) is 0 Å². The second kappa shape index (κ2) is 6.99. The highest BCUT2D eigenvalue weighted by Crippen LogP contribution is 2.23. The van der Waals surface area contributed by atoms with E-state index in [0.717, 1.165) is 6.07 Å². The third-order valence-electron chi connectivity index (χ3n) is 2.28. The van der Waals surface area contributed by atoms with Crippen LogP contribution in [-0.2, 0) is 14.8 Å². The number of hydrogen-bond donors (Lipinski definition) is 2. The molecule has 0 radical (unpaired) electrons. The van der Waals surface area contributed by atoms with E-state index < -0.39 is 16.0 Å². The van der Waals surface area contributed by atoms with Crippen molar-refractivity contribution in [1.29, 1.82) is 0 Å². The molecular weight excluding hydrogens is 338 g/mol. The number of nitrogens with one attached hydrogen (secondary N) is 1. The van der Waals surface area contributed by atoms with Crippen LogP contribution in [0.1, 0.15) is 16.8 Å². The smallest absolute Gasteiger partial charge is 0.335 e. The molecule has 0 bridgehead atoms. The van der Waals surface area contributed by atoms with Crippen molar-refractivity contribution in [1.82, 2.24) is 4.72 Å². The summed E-state index contributed by atoms with van der Waals surface area (Å²) < 4.78 is 31.5. The van der Waals surface area contributed by atoms with Gasteiger partial charge in [0.2, 0.25) is 10.0 Å². The maximum absolute atomic E-state index is 12.0. The predicted molar refractivity (Wildman–Crippen MR) is 72.8 cm³/mol. The van der Waals surface area contributed by atoms with Gasteiger partial charge in [-0.15, -0.1) is 0 Å². The fraction of sp³-hybridized carbons (Fsp3) is 0.364. The number of ether oxygens (including phenoxy) is 1. The van der Waals surface area contributed by atoms with Crippen molar-refractivity contribution in [3.8, 4) is 0 Å². The van der Waals surface area contributed by atoms with Crippen molar-refractivity contribution in [2.24, 2.45) is 0 Å². The number of carboxylic acid groups (broad SMARTS) is 1. The quantitative estimate of drug-likeness (QED) is 0.725. The third-order valence-corrected chi connectivity index (χ3v) is 4.74. The molecule has 0 saturated heterocycles. The summed E-state index contributed by atoms with van der Waals surface area (Å²) in [6.07, 6.45) is 0.534. The second-order valence-corrected chi connectivity index (χ2v) is 6.28. The molecule has 0 aliphatic heterocycles. The maximum Gasteiger partial charge on any atom is 0.335 e. The van der Waals surface area contributed by atoms with E-state index in [1.807, 2.05) is 0 Å². The minimum Gasteiger partial charge on any atom is -0.478 e. The molecule has 0 aliphatic rings. The largest absolute Gasteiger partial charge is 0.478 e. The van der Waals surface area contributed by atoms with Crippen molar-refractivity contribution in [3.63, 3.8) is 0 Å². The molecule has 6 nitrogen and oxygen atoms in total. The summed E-state index contributed by atoms with van der Waals surface area (Å²) in [5.74, 6) is -1.18. The van der Waals surface area contributed by atoms with Crippen LogP contribution in [0, 0.1) is 0 Å². The van der Waals surface area contributed by atoms with E-state index in [1.165, 1.54) is 19.2 Å². The van der Waals surface area contributed by atoms with Crippen LogP contribution in [0.5, 0.6) is 0 Å². The van der Waals surface area contributed by atoms with Crippen LogP contribution in [0.25, 0.3) is 0 Å². The number of aromatic carboxylic acids is 1. The molecule has 1 aromatic carbocycles. The fourth-order valence-electron chi connectivity index (χ4n) is 1.34. The molecule has 0 unspecified atom stereocenters. The SMILES string of the molecule is COCCCNS(=O)(=O)c1cc(C(=O)O)ccc1Br. The summed E-state index contributed by atoms with van der Waals surface area (Å²) in [6, 6.07) is 3.84. The van der Waals surface area contributed by atoms with E-state index in [9.17, 15) is 13.2 Å². The summed E-state index contributed by atoms with van der Waals surface area (Å²) in [7, 11) is -2.21. The van der Waals surface area contributed by atoms with Crippen LogP contribution >= 0.6 is 15.9 Å². The van der Waals surface area contributed by atoms with Gasteiger partial charge in [-0.25, -0.2) is 17.9 Å². The highest BCUT2D eigenvalue weighted by atomic mass is 79.9. The number of carbonyl (C=O) groups is 1. The molecule has 0 heterocycles. The first kappa shape index (κ1) is 16.1. The topological polar surface area (TPSA) is 92.7 Å². The lowest BCUT2D eigenvalue weighted by molar-refractivity contribution is 0.0696. The van der Waals surface area contributed by atoms with Gasteiger partial charge >= 0.3 is 5.97 Å². The first-order valence-electron chi connectivity index (χ1n) is 5.40. The second-order valence-electron chi connectivity index (χ2n) is 3.69. The van der Waals surface area contributed by atoms with E-state index in [4.69, 9.17) is 9.84 Å². The lowest BCUT2D eigenvalue weighted by atomic mass is 10.2. The molecule has 0 spiro atoms. The average Bonchev–Trinajstić information content (AvgIpc) is 2.34. The fourth-order valence-corrected chi connectivity index (χ4v) is 3.40. The first-order chi connectivity index (χ1) is 8.88. The number of benzene rings is 1. The molecule has 19 heavy (non-hydrogen) atoms. The molecule has 0 aromatic heterocycles. The van der Waals surface area contributed by atoms with Gasteiger partial charge < -0.3 is 9.84 Å². The predicted octanol–water partition coefficient (Wildman–Crippen LogP) is 1.46. The molecule has 1 aromatic rings. The highest BCUT2D eigenvalue weighted by molar-refractivity contribution is 9.10. The number of sulfonamides is 1. The monoisotopic (exact) mass is 351 g/mol. The van der Waals surface area contributed by atoms with Gasteiger partial charge in [-0.1, -0.05) is 0 Å². The molecule has 0 atom stereocenters. The minimum atomic E-state index is -3.74. The van der Waals surface area contributed by atoms with Crippen LogP contribution < -0.4 is 4.72 Å². The van der Waals surface area contributed by atoms with Gasteiger partial charge in [0.15, 0.2) is 0 Å². The van der Waals surface area contributed by atoms with Gasteiger partial charge in [-0.05, 0) is 40.5 Å². The molecule has 1 rings (SSSR count). The van der Waals surface area contributed by atoms with Crippen LogP contribution in [0.2, 0.25) is 0 Å². The summed E-state index contributed by atoms with van der Waals surface area (Å²) in [5, 5.41) is 8.86. The zero-order valence-electron chi connectivity index (χ0n) is 10.2. The molecular formula is C11H14BrNO5S.